The smallest absolute Gasteiger partial charge is 0.416 e. The Labute approximate surface area is 159 Å². The predicted molar refractivity (Wildman–Crippen MR) is 95.5 cm³/mol. The van der Waals surface area contributed by atoms with E-state index in [9.17, 15) is 23.1 Å². The average Bonchev–Trinajstić information content (AvgIpc) is 2.66. The Bertz CT molecular complexity index is 908. The lowest BCUT2D eigenvalue weighted by Crippen LogP contribution is -2.18. The Balaban J connectivity index is 2.29. The molecule has 148 valence electrons. The van der Waals surface area contributed by atoms with Gasteiger partial charge in [-0.05, 0) is 6.07 Å². The molecule has 0 saturated heterocycles. The topological polar surface area (TPSA) is 71.1 Å². The number of hydrogen-bond donors (Lipinski definition) is 1. The average molecular weight is 395 g/mol. The Morgan fingerprint density at radius 2 is 1.93 bits per heavy atom. The summed E-state index contributed by atoms with van der Waals surface area (Å²) < 4.78 is 40.0. The van der Waals surface area contributed by atoms with Gasteiger partial charge in [0, 0.05) is 34.9 Å². The van der Waals surface area contributed by atoms with Crippen LogP contribution in [0.15, 0.2) is 53.7 Å². The van der Waals surface area contributed by atoms with Gasteiger partial charge in [0.25, 0.3) is 5.69 Å². The third-order valence-corrected chi connectivity index (χ3v) is 3.68. The molecule has 28 heavy (non-hydrogen) atoms. The lowest BCUT2D eigenvalue weighted by molar-refractivity contribution is -0.731. The second kappa shape index (κ2) is 9.03. The number of carbonyl (C=O) groups is 1. The van der Waals surface area contributed by atoms with Crippen LogP contribution in [0.2, 0.25) is 0 Å². The molecule has 0 aromatic heterocycles. The third kappa shape index (κ3) is 5.09. The van der Waals surface area contributed by atoms with E-state index in [2.05, 4.69) is 9.99 Å². The minimum atomic E-state index is -4.48. The van der Waals surface area contributed by atoms with Gasteiger partial charge < -0.3 is 9.94 Å². The van der Waals surface area contributed by atoms with Crippen LogP contribution in [0, 0.1) is 0 Å². The van der Waals surface area contributed by atoms with E-state index >= 15 is 0 Å². The van der Waals surface area contributed by atoms with E-state index in [-0.39, 0.29) is 23.6 Å². The van der Waals surface area contributed by atoms with E-state index in [1.54, 1.807) is 25.1 Å². The van der Waals surface area contributed by atoms with Gasteiger partial charge in [-0.2, -0.15) is 13.2 Å². The van der Waals surface area contributed by atoms with Crippen molar-refractivity contribution in [1.29, 1.82) is 0 Å². The van der Waals surface area contributed by atoms with Gasteiger partial charge in [0.1, 0.15) is 7.11 Å². The van der Waals surface area contributed by atoms with Gasteiger partial charge in [-0.3, -0.25) is 4.84 Å². The first kappa shape index (κ1) is 20.9. The van der Waals surface area contributed by atoms with E-state index in [1.165, 1.54) is 36.3 Å². The third-order valence-electron chi connectivity index (χ3n) is 3.68. The summed E-state index contributed by atoms with van der Waals surface area (Å²) in [5.74, 6) is -1.29. The van der Waals surface area contributed by atoms with E-state index in [4.69, 9.17) is 4.84 Å². The van der Waals surface area contributed by atoms with Crippen molar-refractivity contribution in [1.82, 2.24) is 0 Å². The minimum Gasteiger partial charge on any atom is -0.476 e. The Morgan fingerprint density at radius 3 is 2.54 bits per heavy atom. The van der Waals surface area contributed by atoms with Crippen LogP contribution in [0.4, 0.5) is 18.9 Å². The fourth-order valence-electron chi connectivity index (χ4n) is 2.43. The normalized spacial score (nSPS) is 12.6. The van der Waals surface area contributed by atoms with Gasteiger partial charge >= 0.3 is 12.1 Å². The number of nitrogens with zero attached hydrogens (tertiary/aromatic N) is 2. The van der Waals surface area contributed by atoms with E-state index in [1.807, 2.05) is 0 Å². The maximum atomic E-state index is 12.9. The molecule has 2 rings (SSSR count). The highest BCUT2D eigenvalue weighted by Crippen LogP contribution is 2.31. The Morgan fingerprint density at radius 1 is 1.21 bits per heavy atom. The molecule has 0 unspecified atom stereocenters. The molecule has 1 N–H and O–H groups in total. The zero-order valence-electron chi connectivity index (χ0n) is 15.1. The largest absolute Gasteiger partial charge is 0.476 e. The SMILES string of the molecule is C/C=[N+](/OCc1ccccc1/C(=N\OC)C(=O)O)c1cccc(C(F)(F)F)c1. The van der Waals surface area contributed by atoms with Crippen LogP contribution in [-0.2, 0) is 27.3 Å². The van der Waals surface area contributed by atoms with Gasteiger partial charge in [-0.1, -0.05) is 35.5 Å². The van der Waals surface area contributed by atoms with Crippen molar-refractivity contribution in [2.75, 3.05) is 7.11 Å². The summed E-state index contributed by atoms with van der Waals surface area (Å²) >= 11 is 0. The van der Waals surface area contributed by atoms with Crippen LogP contribution >= 0.6 is 0 Å². The molecular formula is C19H18F3N2O4+. The summed E-state index contributed by atoms with van der Waals surface area (Å²) in [4.78, 5) is 21.6. The quantitative estimate of drug-likeness (QED) is 0.437. The van der Waals surface area contributed by atoms with E-state index in [0.717, 1.165) is 12.1 Å². The summed E-state index contributed by atoms with van der Waals surface area (Å²) in [6, 6.07) is 11.1. The van der Waals surface area contributed by atoms with Crippen molar-refractivity contribution >= 4 is 23.6 Å². The molecule has 0 aliphatic rings. The fraction of sp³-hybridized carbons (Fsp3) is 0.211. The number of benzene rings is 2. The second-order valence-electron chi connectivity index (χ2n) is 5.49. The highest BCUT2D eigenvalue weighted by Gasteiger charge is 2.32. The monoisotopic (exact) mass is 395 g/mol. The van der Waals surface area contributed by atoms with Gasteiger partial charge in [-0.15, -0.1) is 0 Å². The molecule has 0 aliphatic carbocycles. The van der Waals surface area contributed by atoms with Crippen LogP contribution in [0.1, 0.15) is 23.6 Å². The second-order valence-corrected chi connectivity index (χ2v) is 5.49. The highest BCUT2D eigenvalue weighted by molar-refractivity contribution is 6.42. The van der Waals surface area contributed by atoms with Crippen molar-refractivity contribution in [2.45, 2.75) is 19.7 Å². The van der Waals surface area contributed by atoms with Crippen molar-refractivity contribution < 1.29 is 37.5 Å². The van der Waals surface area contributed by atoms with Crippen molar-refractivity contribution in [3.05, 3.63) is 65.2 Å². The molecule has 0 fully saturated rings. The van der Waals surface area contributed by atoms with Crippen LogP contribution < -0.4 is 0 Å². The molecule has 0 saturated carbocycles. The summed E-state index contributed by atoms with van der Waals surface area (Å²) in [5.41, 5.74) is -0.190. The molecule has 0 bridgehead atoms. The van der Waals surface area contributed by atoms with Crippen LogP contribution in [0.5, 0.6) is 0 Å². The Hall–Kier alpha value is -3.36. The van der Waals surface area contributed by atoms with Crippen molar-refractivity contribution in [2.24, 2.45) is 5.16 Å². The van der Waals surface area contributed by atoms with Crippen molar-refractivity contribution in [3.8, 4) is 0 Å². The molecule has 0 aliphatic heterocycles. The molecule has 2 aromatic rings. The molecule has 0 atom stereocenters. The number of oxime groups is 1. The molecule has 6 nitrogen and oxygen atoms in total. The zero-order chi connectivity index (χ0) is 20.7. The molecular weight excluding hydrogens is 377 g/mol. The number of hydrogen-bond acceptors (Lipinski definition) is 4. The van der Waals surface area contributed by atoms with Crippen LogP contribution in [0.3, 0.4) is 0 Å². The van der Waals surface area contributed by atoms with Gasteiger partial charge in [-0.25, -0.2) is 4.79 Å². The number of carboxylic acid groups (broad SMARTS) is 1. The summed E-state index contributed by atoms with van der Waals surface area (Å²) in [7, 11) is 1.23. The van der Waals surface area contributed by atoms with Gasteiger partial charge in [0.05, 0.1) is 5.56 Å². The van der Waals surface area contributed by atoms with Crippen LogP contribution in [0.25, 0.3) is 0 Å². The van der Waals surface area contributed by atoms with Gasteiger partial charge in [0.2, 0.25) is 0 Å². The minimum absolute atomic E-state index is 0.104. The summed E-state index contributed by atoms with van der Waals surface area (Å²) in [5, 5.41) is 12.8. The summed E-state index contributed by atoms with van der Waals surface area (Å²) in [6.45, 7) is 1.49. The fourth-order valence-corrected chi connectivity index (χ4v) is 2.43. The standard InChI is InChI=1S/C19H17F3N2O4/c1-3-24(15-9-6-8-14(11-15)19(20,21)22)28-12-13-7-4-5-10-16(13)17(18(25)26)23-27-2/h3-11H,12H2,1-2H3/p+1/b23-17+,24-3+. The lowest BCUT2D eigenvalue weighted by Gasteiger charge is -2.09. The summed E-state index contributed by atoms with van der Waals surface area (Å²) in [6.07, 6.45) is -3.02. The zero-order valence-corrected chi connectivity index (χ0v) is 15.1. The maximum Gasteiger partial charge on any atom is 0.416 e. The number of alkyl halides is 3. The van der Waals surface area contributed by atoms with Gasteiger partial charge in [0.15, 0.2) is 18.5 Å². The Kier molecular flexibility index (Phi) is 6.75. The molecule has 0 heterocycles. The first-order valence-corrected chi connectivity index (χ1v) is 8.09. The van der Waals surface area contributed by atoms with Crippen LogP contribution in [-0.4, -0.2) is 34.9 Å². The molecule has 0 spiro atoms. The lowest BCUT2D eigenvalue weighted by atomic mass is 10.0. The molecule has 0 radical (unpaired) electrons. The molecule has 0 amide bonds. The van der Waals surface area contributed by atoms with E-state index < -0.39 is 17.7 Å². The maximum absolute atomic E-state index is 12.9. The number of carboxylic acids is 1. The number of aliphatic carboxylic acids is 1. The predicted octanol–water partition coefficient (Wildman–Crippen LogP) is 4.01. The van der Waals surface area contributed by atoms with E-state index in [0.29, 0.717) is 5.56 Å². The number of halogens is 3. The first-order chi connectivity index (χ1) is 13.3. The molecule has 9 heteroatoms. The highest BCUT2D eigenvalue weighted by atomic mass is 19.4. The van der Waals surface area contributed by atoms with Crippen molar-refractivity contribution in [3.63, 3.8) is 0 Å². The first-order valence-electron chi connectivity index (χ1n) is 8.09. The number of rotatable bonds is 7. The molecule has 2 aromatic carbocycles.